The zero-order chi connectivity index (χ0) is 13.9. The Kier molecular flexibility index (Phi) is 7.82. The highest BCUT2D eigenvalue weighted by Crippen LogP contribution is 2.04. The molecule has 0 aliphatic rings. The molecule has 0 aliphatic carbocycles. The van der Waals surface area contributed by atoms with E-state index in [0.717, 1.165) is 13.0 Å². The van der Waals surface area contributed by atoms with Gasteiger partial charge in [-0.2, -0.15) is 4.57 Å². The minimum Gasteiger partial charge on any atom is -0.360 e. The van der Waals surface area contributed by atoms with Gasteiger partial charge in [-0.05, 0) is 12.5 Å². The smallest absolute Gasteiger partial charge is 0.313 e. The van der Waals surface area contributed by atoms with Gasteiger partial charge in [0.1, 0.15) is 0 Å². The SMILES string of the molecule is CCCCCCCCOC[n+]1ccccc1C(N)=O. The van der Waals surface area contributed by atoms with Crippen LogP contribution in [0.5, 0.6) is 0 Å². The summed E-state index contributed by atoms with van der Waals surface area (Å²) in [6.45, 7) is 3.33. The topological polar surface area (TPSA) is 56.2 Å². The average Bonchev–Trinajstić information content (AvgIpc) is 2.42. The molecule has 0 radical (unpaired) electrons. The molecule has 0 saturated heterocycles. The number of pyridine rings is 1. The van der Waals surface area contributed by atoms with E-state index in [1.165, 1.54) is 32.1 Å². The number of nitrogens with zero attached hydrogens (tertiary/aromatic N) is 1. The van der Waals surface area contributed by atoms with Gasteiger partial charge in [-0.25, -0.2) is 0 Å². The number of nitrogens with two attached hydrogens (primary N) is 1. The lowest BCUT2D eigenvalue weighted by Crippen LogP contribution is -2.43. The Bertz CT molecular complexity index is 380. The second-order valence-electron chi connectivity index (χ2n) is 4.73. The maximum absolute atomic E-state index is 11.2. The Morgan fingerprint density at radius 2 is 1.95 bits per heavy atom. The van der Waals surface area contributed by atoms with Crippen LogP contribution in [0.4, 0.5) is 0 Å². The van der Waals surface area contributed by atoms with Crippen LogP contribution in [-0.2, 0) is 11.5 Å². The van der Waals surface area contributed by atoms with Gasteiger partial charge < -0.3 is 10.5 Å². The van der Waals surface area contributed by atoms with Gasteiger partial charge in [0.25, 0.3) is 12.4 Å². The summed E-state index contributed by atoms with van der Waals surface area (Å²) in [5.74, 6) is -0.427. The van der Waals surface area contributed by atoms with E-state index in [9.17, 15) is 4.79 Å². The molecule has 0 spiro atoms. The van der Waals surface area contributed by atoms with Gasteiger partial charge in [-0.15, -0.1) is 0 Å². The Morgan fingerprint density at radius 3 is 2.68 bits per heavy atom. The average molecular weight is 265 g/mol. The summed E-state index contributed by atoms with van der Waals surface area (Å²) in [6, 6.07) is 5.36. The molecule has 0 bridgehead atoms. The zero-order valence-electron chi connectivity index (χ0n) is 11.8. The molecule has 2 N–H and O–H groups in total. The maximum atomic E-state index is 11.2. The summed E-state index contributed by atoms with van der Waals surface area (Å²) in [5.41, 5.74) is 5.77. The lowest BCUT2D eigenvalue weighted by Gasteiger charge is -2.03. The number of aromatic nitrogens is 1. The summed E-state index contributed by atoms with van der Waals surface area (Å²) < 4.78 is 7.31. The Balaban J connectivity index is 2.17. The van der Waals surface area contributed by atoms with Gasteiger partial charge in [0.2, 0.25) is 0 Å². The normalized spacial score (nSPS) is 10.6. The number of carbonyl (C=O) groups excluding carboxylic acids is 1. The number of hydrogen-bond acceptors (Lipinski definition) is 2. The summed E-state index contributed by atoms with van der Waals surface area (Å²) in [4.78, 5) is 11.2. The van der Waals surface area contributed by atoms with Gasteiger partial charge in [0.15, 0.2) is 6.20 Å². The van der Waals surface area contributed by atoms with Crippen LogP contribution in [0.3, 0.4) is 0 Å². The second kappa shape index (κ2) is 9.50. The fourth-order valence-corrected chi connectivity index (χ4v) is 1.96. The molecule has 0 unspecified atom stereocenters. The molecule has 19 heavy (non-hydrogen) atoms. The van der Waals surface area contributed by atoms with E-state index in [1.807, 2.05) is 6.07 Å². The summed E-state index contributed by atoms with van der Waals surface area (Å²) >= 11 is 0. The number of hydrogen-bond donors (Lipinski definition) is 1. The van der Waals surface area contributed by atoms with Gasteiger partial charge in [0.05, 0.1) is 6.61 Å². The van der Waals surface area contributed by atoms with Crippen molar-refractivity contribution in [2.45, 2.75) is 52.2 Å². The van der Waals surface area contributed by atoms with Crippen molar-refractivity contribution >= 4 is 5.91 Å². The molecule has 0 atom stereocenters. The first-order valence-corrected chi connectivity index (χ1v) is 7.11. The molecule has 1 rings (SSSR count). The second-order valence-corrected chi connectivity index (χ2v) is 4.73. The molecular weight excluding hydrogens is 240 g/mol. The van der Waals surface area contributed by atoms with Gasteiger partial charge in [0, 0.05) is 12.1 Å². The predicted octanol–water partition coefficient (Wildman–Crippen LogP) is 2.41. The molecule has 1 aromatic heterocycles. The monoisotopic (exact) mass is 265 g/mol. The standard InChI is InChI=1S/C15H24N2O2/c1-2-3-4-5-6-9-12-19-13-17-11-8-7-10-14(17)15(16)18/h7-8,10-11H,2-6,9,12-13H2,1H3,(H-,16,18)/p+1. The molecule has 0 fully saturated rings. The van der Waals surface area contributed by atoms with E-state index in [4.69, 9.17) is 10.5 Å². The van der Waals surface area contributed by atoms with E-state index in [0.29, 0.717) is 12.4 Å². The Hall–Kier alpha value is -1.42. The van der Waals surface area contributed by atoms with Gasteiger partial charge in [-0.3, -0.25) is 4.79 Å². The number of primary amides is 1. The van der Waals surface area contributed by atoms with E-state index in [1.54, 1.807) is 22.9 Å². The first-order chi connectivity index (χ1) is 9.25. The first-order valence-electron chi connectivity index (χ1n) is 7.11. The van der Waals surface area contributed by atoms with Crippen molar-refractivity contribution in [3.05, 3.63) is 30.1 Å². The third-order valence-corrected chi connectivity index (χ3v) is 3.07. The quantitative estimate of drug-likeness (QED) is 0.521. The number of carbonyl (C=O) groups is 1. The van der Waals surface area contributed by atoms with E-state index < -0.39 is 5.91 Å². The van der Waals surface area contributed by atoms with Crippen molar-refractivity contribution in [2.75, 3.05) is 6.61 Å². The summed E-state index contributed by atoms with van der Waals surface area (Å²) in [6.07, 6.45) is 9.28. The van der Waals surface area contributed by atoms with Crippen LogP contribution in [-0.4, -0.2) is 12.5 Å². The lowest BCUT2D eigenvalue weighted by atomic mass is 10.1. The van der Waals surface area contributed by atoms with Gasteiger partial charge in [-0.1, -0.05) is 39.0 Å². The van der Waals surface area contributed by atoms with E-state index >= 15 is 0 Å². The van der Waals surface area contributed by atoms with E-state index in [-0.39, 0.29) is 0 Å². The van der Waals surface area contributed by atoms with Crippen LogP contribution in [0.15, 0.2) is 24.4 Å². The minimum atomic E-state index is -0.427. The Morgan fingerprint density at radius 1 is 1.21 bits per heavy atom. The highest BCUT2D eigenvalue weighted by atomic mass is 16.5. The predicted molar refractivity (Wildman–Crippen MR) is 74.5 cm³/mol. The molecule has 0 saturated carbocycles. The van der Waals surface area contributed by atoms with Crippen molar-refractivity contribution in [1.82, 2.24) is 0 Å². The van der Waals surface area contributed by atoms with Crippen LogP contribution in [0, 0.1) is 0 Å². The lowest BCUT2D eigenvalue weighted by molar-refractivity contribution is -0.734. The maximum Gasteiger partial charge on any atom is 0.313 e. The van der Waals surface area contributed by atoms with Crippen molar-refractivity contribution < 1.29 is 14.1 Å². The number of unbranched alkanes of at least 4 members (excludes halogenated alkanes) is 5. The Labute approximate surface area is 115 Å². The fourth-order valence-electron chi connectivity index (χ4n) is 1.96. The molecule has 0 aliphatic heterocycles. The van der Waals surface area contributed by atoms with Crippen molar-refractivity contribution in [1.29, 1.82) is 0 Å². The highest BCUT2D eigenvalue weighted by Gasteiger charge is 2.14. The molecular formula is C15H25N2O2+. The molecule has 106 valence electrons. The zero-order valence-corrected chi connectivity index (χ0v) is 11.8. The van der Waals surface area contributed by atoms with E-state index in [2.05, 4.69) is 6.92 Å². The van der Waals surface area contributed by atoms with Crippen molar-refractivity contribution in [3.63, 3.8) is 0 Å². The number of amides is 1. The minimum absolute atomic E-state index is 0.383. The third kappa shape index (κ3) is 6.34. The molecule has 1 heterocycles. The van der Waals surface area contributed by atoms with Crippen LogP contribution in [0.25, 0.3) is 0 Å². The van der Waals surface area contributed by atoms with Crippen LogP contribution in [0.1, 0.15) is 55.9 Å². The number of rotatable bonds is 10. The molecule has 1 amide bonds. The summed E-state index contributed by atoms with van der Waals surface area (Å²) in [5, 5.41) is 0. The van der Waals surface area contributed by atoms with Gasteiger partial charge >= 0.3 is 5.91 Å². The summed E-state index contributed by atoms with van der Waals surface area (Å²) in [7, 11) is 0. The molecule has 4 heteroatoms. The van der Waals surface area contributed by atoms with Crippen LogP contribution >= 0.6 is 0 Å². The first kappa shape index (κ1) is 15.6. The highest BCUT2D eigenvalue weighted by molar-refractivity contribution is 5.89. The van der Waals surface area contributed by atoms with Crippen LogP contribution in [0.2, 0.25) is 0 Å². The largest absolute Gasteiger partial charge is 0.360 e. The number of ether oxygens (including phenoxy) is 1. The van der Waals surface area contributed by atoms with Crippen LogP contribution < -0.4 is 10.3 Å². The molecule has 0 aromatic carbocycles. The van der Waals surface area contributed by atoms with Crippen molar-refractivity contribution in [2.24, 2.45) is 5.73 Å². The third-order valence-electron chi connectivity index (χ3n) is 3.07. The fraction of sp³-hybridized carbons (Fsp3) is 0.600. The molecule has 4 nitrogen and oxygen atoms in total. The molecule has 1 aromatic rings. The van der Waals surface area contributed by atoms with Crippen molar-refractivity contribution in [3.8, 4) is 0 Å².